The van der Waals surface area contributed by atoms with Crippen molar-refractivity contribution < 1.29 is 0 Å². The maximum atomic E-state index is 4.43. The van der Waals surface area contributed by atoms with Gasteiger partial charge in [0.1, 0.15) is 0 Å². The molecule has 100 valence electrons. The van der Waals surface area contributed by atoms with Gasteiger partial charge in [-0.25, -0.2) is 0 Å². The van der Waals surface area contributed by atoms with Crippen molar-refractivity contribution in [2.24, 2.45) is 15.4 Å². The molecule has 0 aliphatic heterocycles. The smallest absolute Gasteiger partial charge is 0.0597 e. The van der Waals surface area contributed by atoms with Crippen molar-refractivity contribution in [2.45, 2.75) is 40.5 Å². The van der Waals surface area contributed by atoms with Gasteiger partial charge in [0.25, 0.3) is 0 Å². The number of hydrogen-bond donors (Lipinski definition) is 0. The lowest BCUT2D eigenvalue weighted by Gasteiger charge is -2.21. The van der Waals surface area contributed by atoms with Crippen LogP contribution in [-0.4, -0.2) is 19.5 Å². The Bertz CT molecular complexity index is 365. The Labute approximate surface area is 112 Å². The molecule has 0 rings (SSSR count). The summed E-state index contributed by atoms with van der Waals surface area (Å²) in [6.07, 6.45) is 5.47. The van der Waals surface area contributed by atoms with Crippen molar-refractivity contribution in [2.75, 3.05) is 6.54 Å². The van der Waals surface area contributed by atoms with Crippen LogP contribution < -0.4 is 0 Å². The molecule has 0 amide bonds. The molecule has 0 heterocycles. The highest BCUT2D eigenvalue weighted by atomic mass is 14.8. The number of rotatable bonds is 7. The predicted molar refractivity (Wildman–Crippen MR) is 83.6 cm³/mol. The summed E-state index contributed by atoms with van der Waals surface area (Å²) in [5, 5.41) is 0. The summed E-state index contributed by atoms with van der Waals surface area (Å²) in [6, 6.07) is 0. The third kappa shape index (κ3) is 5.76. The van der Waals surface area contributed by atoms with Crippen LogP contribution in [0.2, 0.25) is 0 Å². The summed E-state index contributed by atoms with van der Waals surface area (Å²) in [4.78, 5) is 8.59. The van der Waals surface area contributed by atoms with Crippen LogP contribution in [-0.2, 0) is 0 Å². The van der Waals surface area contributed by atoms with E-state index in [2.05, 4.69) is 57.6 Å². The second kappa shape index (κ2) is 7.80. The van der Waals surface area contributed by atoms with Gasteiger partial charge < -0.3 is 0 Å². The molecule has 0 bridgehead atoms. The van der Waals surface area contributed by atoms with Gasteiger partial charge in [0.05, 0.1) is 6.54 Å². The summed E-state index contributed by atoms with van der Waals surface area (Å²) in [5.41, 5.74) is 3.16. The molecule has 0 aliphatic carbocycles. The van der Waals surface area contributed by atoms with Crippen molar-refractivity contribution in [3.8, 4) is 0 Å². The van der Waals surface area contributed by atoms with Crippen LogP contribution in [0.3, 0.4) is 0 Å². The maximum Gasteiger partial charge on any atom is 0.0597 e. The zero-order chi connectivity index (χ0) is 14.2. The topological polar surface area (TPSA) is 24.7 Å². The predicted octanol–water partition coefficient (Wildman–Crippen LogP) is 4.60. The third-order valence-electron chi connectivity index (χ3n) is 2.60. The van der Waals surface area contributed by atoms with Crippen LogP contribution in [0.15, 0.2) is 46.1 Å². The van der Waals surface area contributed by atoms with Crippen LogP contribution in [0.25, 0.3) is 0 Å². The monoisotopic (exact) mass is 246 g/mol. The van der Waals surface area contributed by atoms with E-state index in [1.54, 1.807) is 0 Å². The van der Waals surface area contributed by atoms with Gasteiger partial charge in [-0.05, 0) is 25.1 Å². The molecule has 0 radical (unpaired) electrons. The summed E-state index contributed by atoms with van der Waals surface area (Å²) in [5.74, 6) is 0. The Morgan fingerprint density at radius 3 is 2.28 bits per heavy atom. The first-order valence-corrected chi connectivity index (χ1v) is 6.34. The second-order valence-electron chi connectivity index (χ2n) is 5.35. The number of allylic oxidation sites excluding steroid dienone is 3. The lowest BCUT2D eigenvalue weighted by molar-refractivity contribution is 0.495. The minimum absolute atomic E-state index is 0.0339. The number of nitrogens with zero attached hydrogens (tertiary/aromatic N) is 2. The largest absolute Gasteiger partial charge is 0.288 e. The van der Waals surface area contributed by atoms with Gasteiger partial charge in [-0.3, -0.25) is 9.98 Å². The fourth-order valence-corrected chi connectivity index (χ4v) is 1.58. The maximum absolute atomic E-state index is 4.43. The van der Waals surface area contributed by atoms with Crippen LogP contribution in [0.5, 0.6) is 0 Å². The molecule has 2 nitrogen and oxygen atoms in total. The van der Waals surface area contributed by atoms with Gasteiger partial charge in [0.2, 0.25) is 0 Å². The van der Waals surface area contributed by atoms with Gasteiger partial charge >= 0.3 is 0 Å². The van der Waals surface area contributed by atoms with E-state index in [4.69, 9.17) is 0 Å². The van der Waals surface area contributed by atoms with Crippen molar-refractivity contribution in [3.05, 3.63) is 36.1 Å². The number of aliphatic imine (C=N–C) groups is 2. The normalized spacial score (nSPS) is 13.3. The summed E-state index contributed by atoms with van der Waals surface area (Å²) < 4.78 is 0. The Kier molecular flexibility index (Phi) is 7.18. The molecule has 0 aliphatic rings. The Hall–Kier alpha value is -1.44. The third-order valence-corrected chi connectivity index (χ3v) is 2.60. The van der Waals surface area contributed by atoms with Crippen molar-refractivity contribution >= 4 is 12.9 Å². The van der Waals surface area contributed by atoms with E-state index >= 15 is 0 Å². The van der Waals surface area contributed by atoms with E-state index in [0.717, 1.165) is 29.7 Å². The highest BCUT2D eigenvalue weighted by Gasteiger charge is 2.18. The first-order chi connectivity index (χ1) is 8.36. The number of hydrogen-bond acceptors (Lipinski definition) is 2. The lowest BCUT2D eigenvalue weighted by Crippen LogP contribution is -2.11. The summed E-state index contributed by atoms with van der Waals surface area (Å²) in [6.45, 7) is 20.5. The van der Waals surface area contributed by atoms with Gasteiger partial charge in [-0.15, -0.1) is 6.58 Å². The molecule has 0 fully saturated rings. The molecule has 0 aromatic heterocycles. The van der Waals surface area contributed by atoms with Crippen LogP contribution in [0, 0.1) is 5.41 Å². The highest BCUT2D eigenvalue weighted by molar-refractivity contribution is 5.80. The molecule has 18 heavy (non-hydrogen) atoms. The van der Waals surface area contributed by atoms with Gasteiger partial charge in [-0.1, -0.05) is 45.9 Å². The van der Waals surface area contributed by atoms with Crippen LogP contribution >= 0.6 is 0 Å². The van der Waals surface area contributed by atoms with E-state index < -0.39 is 0 Å². The summed E-state index contributed by atoms with van der Waals surface area (Å²) >= 11 is 0. The van der Waals surface area contributed by atoms with Crippen molar-refractivity contribution in [1.82, 2.24) is 0 Å². The van der Waals surface area contributed by atoms with E-state index in [0.29, 0.717) is 6.54 Å². The molecule has 0 spiro atoms. The molecule has 0 aromatic carbocycles. The standard InChI is InChI=1S/C16H26N2/c1-8-10-14(12-18-11-13(3)9-2)15(17-7)16(4,5)6/h8,12H,1,3,7,9-11H2,2,4-6H3/b15-14-,18-12-. The molecule has 0 atom stereocenters. The quantitative estimate of drug-likeness (QED) is 0.463. The van der Waals surface area contributed by atoms with E-state index in [1.807, 2.05) is 12.3 Å². The SMILES string of the molecule is C=CCC(/C=N\CC(=C)CC)=C(/N=C)C(C)(C)C. The Morgan fingerprint density at radius 1 is 1.28 bits per heavy atom. The molecule has 0 aromatic rings. The fourth-order valence-electron chi connectivity index (χ4n) is 1.58. The van der Waals surface area contributed by atoms with Crippen molar-refractivity contribution in [1.29, 1.82) is 0 Å². The average Bonchev–Trinajstić information content (AvgIpc) is 2.27. The molecule has 2 heteroatoms. The zero-order valence-electron chi connectivity index (χ0n) is 12.3. The Morgan fingerprint density at radius 2 is 1.89 bits per heavy atom. The molecule has 0 N–H and O–H groups in total. The minimum atomic E-state index is -0.0339. The molecule has 0 saturated carbocycles. The first-order valence-electron chi connectivity index (χ1n) is 6.34. The summed E-state index contributed by atoms with van der Waals surface area (Å²) in [7, 11) is 0. The van der Waals surface area contributed by atoms with Gasteiger partial charge in [0.15, 0.2) is 0 Å². The molecule has 0 saturated heterocycles. The van der Waals surface area contributed by atoms with Crippen molar-refractivity contribution in [3.63, 3.8) is 0 Å². The zero-order valence-corrected chi connectivity index (χ0v) is 12.3. The first kappa shape index (κ1) is 16.6. The average molecular weight is 246 g/mol. The Balaban J connectivity index is 5.16. The molecular formula is C16H26N2. The van der Waals surface area contributed by atoms with E-state index in [9.17, 15) is 0 Å². The van der Waals surface area contributed by atoms with Gasteiger partial charge in [0, 0.05) is 17.3 Å². The molecule has 0 unspecified atom stereocenters. The molecular weight excluding hydrogens is 220 g/mol. The highest BCUT2D eigenvalue weighted by Crippen LogP contribution is 2.29. The minimum Gasteiger partial charge on any atom is -0.288 e. The van der Waals surface area contributed by atoms with E-state index in [-0.39, 0.29) is 5.41 Å². The fraction of sp³-hybridized carbons (Fsp3) is 0.500. The van der Waals surface area contributed by atoms with Gasteiger partial charge in [-0.2, -0.15) is 0 Å². The second-order valence-corrected chi connectivity index (χ2v) is 5.35. The lowest BCUT2D eigenvalue weighted by atomic mass is 9.88. The van der Waals surface area contributed by atoms with Crippen LogP contribution in [0.4, 0.5) is 0 Å². The van der Waals surface area contributed by atoms with Crippen LogP contribution in [0.1, 0.15) is 40.5 Å². The van der Waals surface area contributed by atoms with E-state index in [1.165, 1.54) is 0 Å².